The zero-order valence-corrected chi connectivity index (χ0v) is 16.5. The fourth-order valence-corrected chi connectivity index (χ4v) is 3.82. The van der Waals surface area contributed by atoms with Crippen molar-refractivity contribution in [3.63, 3.8) is 0 Å². The van der Waals surface area contributed by atoms with Gasteiger partial charge in [-0.1, -0.05) is 54.2 Å². The predicted octanol–water partition coefficient (Wildman–Crippen LogP) is 2.25. The van der Waals surface area contributed by atoms with Gasteiger partial charge in [-0.15, -0.1) is 0 Å². The van der Waals surface area contributed by atoms with Crippen molar-refractivity contribution in [3.05, 3.63) is 76.8 Å². The van der Waals surface area contributed by atoms with Gasteiger partial charge >= 0.3 is 0 Å². The van der Waals surface area contributed by atoms with Crippen LogP contribution in [0, 0.1) is 0 Å². The number of para-hydroxylation sites is 1. The Morgan fingerprint density at radius 2 is 1.90 bits per heavy atom. The summed E-state index contributed by atoms with van der Waals surface area (Å²) in [6, 6.07) is 16.9. The molecule has 0 saturated carbocycles. The van der Waals surface area contributed by atoms with Crippen LogP contribution in [0.25, 0.3) is 16.9 Å². The number of aromatic nitrogens is 5. The molecule has 0 aliphatic carbocycles. The van der Waals surface area contributed by atoms with E-state index in [2.05, 4.69) is 20.2 Å². The van der Waals surface area contributed by atoms with Crippen LogP contribution in [0.4, 0.5) is 0 Å². The van der Waals surface area contributed by atoms with Gasteiger partial charge in [0, 0.05) is 13.6 Å². The van der Waals surface area contributed by atoms with E-state index in [1.807, 2.05) is 36.4 Å². The Morgan fingerprint density at radius 1 is 1.14 bits per heavy atom. The third-order valence-corrected chi connectivity index (χ3v) is 5.30. The summed E-state index contributed by atoms with van der Waals surface area (Å²) < 4.78 is 1.35. The Labute approximate surface area is 170 Å². The van der Waals surface area contributed by atoms with Gasteiger partial charge in [0.05, 0.1) is 16.7 Å². The molecule has 0 radical (unpaired) electrons. The van der Waals surface area contributed by atoms with E-state index < -0.39 is 0 Å². The summed E-state index contributed by atoms with van der Waals surface area (Å²) in [6.07, 6.45) is 1.32. The summed E-state index contributed by atoms with van der Waals surface area (Å²) >= 11 is 1.19. The molecule has 9 heteroatoms. The monoisotopic (exact) mass is 406 g/mol. The molecule has 146 valence electrons. The Bertz CT molecular complexity index is 1190. The molecule has 0 bridgehead atoms. The van der Waals surface area contributed by atoms with E-state index in [4.69, 9.17) is 0 Å². The number of nitrogens with zero attached hydrogens (tertiary/aromatic N) is 5. The highest BCUT2D eigenvalue weighted by Crippen LogP contribution is 2.20. The Hall–Kier alpha value is -3.46. The predicted molar refractivity (Wildman–Crippen MR) is 111 cm³/mol. The first kappa shape index (κ1) is 18.9. The number of aromatic amines is 1. The van der Waals surface area contributed by atoms with Crippen LogP contribution in [0.3, 0.4) is 0 Å². The molecule has 4 rings (SSSR count). The van der Waals surface area contributed by atoms with Gasteiger partial charge in [-0.3, -0.25) is 9.59 Å². The lowest BCUT2D eigenvalue weighted by molar-refractivity contribution is -0.127. The van der Waals surface area contributed by atoms with Crippen molar-refractivity contribution in [2.24, 2.45) is 0 Å². The molecule has 1 N–H and O–H groups in total. The summed E-state index contributed by atoms with van der Waals surface area (Å²) in [7, 11) is 1.76. The third-order valence-electron chi connectivity index (χ3n) is 4.37. The zero-order valence-electron chi connectivity index (χ0n) is 15.6. The number of thioether (sulfide) groups is 1. The third kappa shape index (κ3) is 4.04. The second-order valence-electron chi connectivity index (χ2n) is 6.39. The first-order chi connectivity index (χ1) is 14.1. The van der Waals surface area contributed by atoms with Crippen LogP contribution >= 0.6 is 11.8 Å². The topological polar surface area (TPSA) is 96.8 Å². The molecule has 2 aromatic carbocycles. The van der Waals surface area contributed by atoms with Gasteiger partial charge in [0.15, 0.2) is 5.16 Å². The van der Waals surface area contributed by atoms with Crippen molar-refractivity contribution < 1.29 is 4.79 Å². The molecule has 0 aliphatic rings. The summed E-state index contributed by atoms with van der Waals surface area (Å²) in [5.74, 6) is 0.341. The first-order valence-electron chi connectivity index (χ1n) is 8.91. The molecular weight excluding hydrogens is 388 g/mol. The van der Waals surface area contributed by atoms with Crippen molar-refractivity contribution in [2.45, 2.75) is 11.7 Å². The van der Waals surface area contributed by atoms with E-state index in [1.54, 1.807) is 30.1 Å². The molecule has 4 aromatic rings. The second kappa shape index (κ2) is 8.27. The SMILES string of the molecule is CN(Cc1ccccc1)C(=O)CSc1nc2ccccc2c(=O)n1-c1ncn[nH]1. The summed E-state index contributed by atoms with van der Waals surface area (Å²) in [5.41, 5.74) is 1.36. The van der Waals surface area contributed by atoms with Crippen LogP contribution in [0.15, 0.2) is 70.9 Å². The first-order valence-corrected chi connectivity index (χ1v) is 9.90. The van der Waals surface area contributed by atoms with Gasteiger partial charge in [-0.25, -0.2) is 14.6 Å². The Kier molecular flexibility index (Phi) is 5.39. The lowest BCUT2D eigenvalue weighted by Gasteiger charge is -2.17. The average molecular weight is 406 g/mol. The Balaban J connectivity index is 1.59. The molecule has 2 heterocycles. The number of hydrogen-bond donors (Lipinski definition) is 1. The molecule has 2 aromatic heterocycles. The van der Waals surface area contributed by atoms with Crippen LogP contribution in [-0.2, 0) is 11.3 Å². The van der Waals surface area contributed by atoms with Gasteiger partial charge in [-0.2, -0.15) is 10.1 Å². The molecule has 0 atom stereocenters. The summed E-state index contributed by atoms with van der Waals surface area (Å²) in [5, 5.41) is 7.37. The van der Waals surface area contributed by atoms with Gasteiger partial charge < -0.3 is 4.90 Å². The minimum absolute atomic E-state index is 0.0645. The van der Waals surface area contributed by atoms with Crippen LogP contribution in [-0.4, -0.2) is 48.3 Å². The largest absolute Gasteiger partial charge is 0.341 e. The van der Waals surface area contributed by atoms with Crippen molar-refractivity contribution in [2.75, 3.05) is 12.8 Å². The number of hydrogen-bond acceptors (Lipinski definition) is 6. The van der Waals surface area contributed by atoms with Crippen molar-refractivity contribution in [1.82, 2.24) is 29.6 Å². The molecule has 0 saturated heterocycles. The van der Waals surface area contributed by atoms with E-state index in [-0.39, 0.29) is 23.2 Å². The van der Waals surface area contributed by atoms with E-state index in [0.717, 1.165) is 5.56 Å². The Morgan fingerprint density at radius 3 is 2.66 bits per heavy atom. The number of amides is 1. The summed E-state index contributed by atoms with van der Waals surface area (Å²) in [6.45, 7) is 0.514. The van der Waals surface area contributed by atoms with Crippen LogP contribution in [0.5, 0.6) is 0 Å². The number of rotatable bonds is 6. The standard InChI is InChI=1S/C20H18N6O2S/c1-25(11-14-7-3-2-4-8-14)17(27)12-29-20-23-16-10-6-5-9-15(16)18(28)26(20)19-21-13-22-24-19/h2-10,13H,11-12H2,1H3,(H,21,22,24). The number of benzene rings is 2. The molecular formula is C20H18N6O2S. The zero-order chi connectivity index (χ0) is 20.2. The quantitative estimate of drug-likeness (QED) is 0.390. The second-order valence-corrected chi connectivity index (χ2v) is 7.33. The fourth-order valence-electron chi connectivity index (χ4n) is 2.88. The van der Waals surface area contributed by atoms with Crippen molar-refractivity contribution in [3.8, 4) is 5.95 Å². The number of H-pyrrole nitrogens is 1. The average Bonchev–Trinajstić information content (AvgIpc) is 3.27. The molecule has 8 nitrogen and oxygen atoms in total. The van der Waals surface area contributed by atoms with E-state index in [1.165, 1.54) is 22.7 Å². The molecule has 1 amide bonds. The normalized spacial score (nSPS) is 10.9. The van der Waals surface area contributed by atoms with Crippen LogP contribution in [0.1, 0.15) is 5.56 Å². The lowest BCUT2D eigenvalue weighted by Crippen LogP contribution is -2.28. The highest BCUT2D eigenvalue weighted by Gasteiger charge is 2.17. The lowest BCUT2D eigenvalue weighted by atomic mass is 10.2. The minimum Gasteiger partial charge on any atom is -0.341 e. The molecule has 0 spiro atoms. The highest BCUT2D eigenvalue weighted by atomic mass is 32.2. The van der Waals surface area contributed by atoms with E-state index in [0.29, 0.717) is 22.6 Å². The number of nitrogens with one attached hydrogen (secondary N) is 1. The fraction of sp³-hybridized carbons (Fsp3) is 0.150. The molecule has 0 fully saturated rings. The molecule has 0 unspecified atom stereocenters. The molecule has 29 heavy (non-hydrogen) atoms. The molecule has 0 aliphatic heterocycles. The van der Waals surface area contributed by atoms with Crippen LogP contribution in [0.2, 0.25) is 0 Å². The summed E-state index contributed by atoms with van der Waals surface area (Å²) in [4.78, 5) is 35.9. The smallest absolute Gasteiger partial charge is 0.269 e. The number of fused-ring (bicyclic) bond motifs is 1. The highest BCUT2D eigenvalue weighted by molar-refractivity contribution is 7.99. The van der Waals surface area contributed by atoms with Gasteiger partial charge in [0.1, 0.15) is 6.33 Å². The van der Waals surface area contributed by atoms with Crippen molar-refractivity contribution >= 4 is 28.6 Å². The van der Waals surface area contributed by atoms with E-state index in [9.17, 15) is 9.59 Å². The number of carbonyl (C=O) groups is 1. The van der Waals surface area contributed by atoms with Gasteiger partial charge in [0.2, 0.25) is 11.9 Å². The maximum atomic E-state index is 13.0. The van der Waals surface area contributed by atoms with Crippen LogP contribution < -0.4 is 5.56 Å². The van der Waals surface area contributed by atoms with E-state index >= 15 is 0 Å². The maximum Gasteiger partial charge on any atom is 0.269 e. The maximum absolute atomic E-state index is 13.0. The van der Waals surface area contributed by atoms with Gasteiger partial charge in [-0.05, 0) is 17.7 Å². The number of carbonyl (C=O) groups excluding carboxylic acids is 1. The minimum atomic E-state index is -0.264. The van der Waals surface area contributed by atoms with Gasteiger partial charge in [0.25, 0.3) is 5.56 Å². The van der Waals surface area contributed by atoms with Crippen molar-refractivity contribution in [1.29, 1.82) is 0 Å².